The summed E-state index contributed by atoms with van der Waals surface area (Å²) in [7, 11) is 4.34. The molecule has 2 atom stereocenters. The van der Waals surface area contributed by atoms with E-state index < -0.39 is 5.16 Å². The van der Waals surface area contributed by atoms with Gasteiger partial charge in [-0.05, 0) is 69.2 Å². The summed E-state index contributed by atoms with van der Waals surface area (Å²) in [6.45, 7) is 9.08. The van der Waals surface area contributed by atoms with Gasteiger partial charge in [-0.15, -0.1) is 9.24 Å². The number of hydrogen-bond acceptors (Lipinski definition) is 0. The second kappa shape index (κ2) is 8.50. The highest BCUT2D eigenvalue weighted by atomic mass is 31.1. The molecule has 0 amide bonds. The van der Waals surface area contributed by atoms with E-state index in [0.717, 1.165) is 17.5 Å². The Morgan fingerprint density at radius 2 is 1.32 bits per heavy atom. The molecule has 3 rings (SSSR count). The van der Waals surface area contributed by atoms with Crippen molar-refractivity contribution in [3.05, 3.63) is 82.9 Å². The molecule has 1 aliphatic rings. The molecule has 0 radical (unpaired) electrons. The molecule has 2 aromatic rings. The van der Waals surface area contributed by atoms with Crippen LogP contribution in [-0.2, 0) is 0 Å². The van der Waals surface area contributed by atoms with Gasteiger partial charge >= 0.3 is 0 Å². The zero-order valence-corrected chi connectivity index (χ0v) is 19.1. The molecule has 0 saturated carbocycles. The van der Waals surface area contributed by atoms with Gasteiger partial charge in [-0.25, -0.2) is 0 Å². The van der Waals surface area contributed by atoms with Gasteiger partial charge in [-0.2, -0.15) is 0 Å². The summed E-state index contributed by atoms with van der Waals surface area (Å²) in [5.74, 6) is 13.7. The van der Waals surface area contributed by atoms with E-state index in [-0.39, 0.29) is 5.16 Å². The molecule has 0 saturated heterocycles. The molecule has 2 heteroatoms. The number of rotatable bonds is 2. The summed E-state index contributed by atoms with van der Waals surface area (Å²) in [5, 5.41) is 1.05. The predicted octanol–water partition coefficient (Wildman–Crippen LogP) is 6.34. The summed E-state index contributed by atoms with van der Waals surface area (Å²) in [5.41, 5.74) is 4.94. The Hall–Kier alpha value is -2.10. The maximum absolute atomic E-state index is 3.49. The van der Waals surface area contributed by atoms with Crippen molar-refractivity contribution in [3.8, 4) is 23.7 Å². The second-order valence-electron chi connectivity index (χ2n) is 7.60. The van der Waals surface area contributed by atoms with Gasteiger partial charge in [0.1, 0.15) is 5.16 Å². The summed E-state index contributed by atoms with van der Waals surface area (Å²) in [6, 6.07) is 20.3. The first kappa shape index (κ1) is 20.6. The second-order valence-corrected chi connectivity index (χ2v) is 10.5. The largest absolute Gasteiger partial charge is 0.107 e. The van der Waals surface area contributed by atoms with Crippen LogP contribution in [0.5, 0.6) is 0 Å². The molecular formula is C26H26P2. The van der Waals surface area contributed by atoms with Crippen molar-refractivity contribution in [1.82, 2.24) is 0 Å². The van der Waals surface area contributed by atoms with E-state index >= 15 is 0 Å². The normalized spacial score (nSPS) is 19.2. The Labute approximate surface area is 173 Å². The molecule has 28 heavy (non-hydrogen) atoms. The van der Waals surface area contributed by atoms with Crippen molar-refractivity contribution < 1.29 is 0 Å². The Balaban J connectivity index is 2.01. The fraction of sp³-hybridized carbons (Fsp3) is 0.269. The molecule has 140 valence electrons. The molecule has 0 fully saturated rings. The molecule has 0 aliphatic carbocycles. The van der Waals surface area contributed by atoms with E-state index in [0.29, 0.717) is 0 Å². The summed E-state index contributed by atoms with van der Waals surface area (Å²) in [6.07, 6.45) is 0.881. The minimum Gasteiger partial charge on any atom is -0.105 e. The van der Waals surface area contributed by atoms with Crippen LogP contribution < -0.4 is 0 Å². The van der Waals surface area contributed by atoms with E-state index in [9.17, 15) is 0 Å². The van der Waals surface area contributed by atoms with Crippen LogP contribution in [0.3, 0.4) is 0 Å². The van der Waals surface area contributed by atoms with Gasteiger partial charge in [0.2, 0.25) is 0 Å². The predicted molar refractivity (Wildman–Crippen MR) is 128 cm³/mol. The molecule has 1 aliphatic heterocycles. The summed E-state index contributed by atoms with van der Waals surface area (Å²) >= 11 is 0. The number of benzene rings is 2. The first-order chi connectivity index (χ1) is 13.3. The first-order valence-electron chi connectivity index (χ1n) is 9.51. The maximum Gasteiger partial charge on any atom is 0.107 e. The average molecular weight is 400 g/mol. The van der Waals surface area contributed by atoms with Crippen LogP contribution >= 0.6 is 17.4 Å². The van der Waals surface area contributed by atoms with Crippen LogP contribution in [0.1, 0.15) is 45.2 Å². The summed E-state index contributed by atoms with van der Waals surface area (Å²) < 4.78 is 0. The zero-order chi connectivity index (χ0) is 20.2. The molecule has 0 nitrogen and oxygen atoms in total. The lowest BCUT2D eigenvalue weighted by molar-refractivity contribution is 0.643. The van der Waals surface area contributed by atoms with Gasteiger partial charge in [0, 0.05) is 16.3 Å². The van der Waals surface area contributed by atoms with Gasteiger partial charge in [0.15, 0.2) is 0 Å². The zero-order valence-electron chi connectivity index (χ0n) is 17.0. The Bertz CT molecular complexity index is 980. The van der Waals surface area contributed by atoms with Crippen molar-refractivity contribution in [2.75, 3.05) is 0 Å². The van der Waals surface area contributed by atoms with Gasteiger partial charge in [-0.1, -0.05) is 73.9 Å². The van der Waals surface area contributed by atoms with Gasteiger partial charge in [-0.3, -0.25) is 0 Å². The lowest BCUT2D eigenvalue weighted by atomic mass is 9.86. The molecule has 0 bridgehead atoms. The highest BCUT2D eigenvalue weighted by Gasteiger charge is 2.38. The van der Waals surface area contributed by atoms with Crippen LogP contribution in [-0.4, -0.2) is 15.6 Å². The third kappa shape index (κ3) is 4.84. The van der Waals surface area contributed by atoms with Crippen LogP contribution in [0.25, 0.3) is 0 Å². The van der Waals surface area contributed by atoms with Crippen molar-refractivity contribution in [3.63, 3.8) is 0 Å². The molecule has 0 N–H and O–H groups in total. The van der Waals surface area contributed by atoms with E-state index in [1.54, 1.807) is 0 Å². The lowest BCUT2D eigenvalue weighted by Gasteiger charge is -2.30. The molecule has 2 aromatic carbocycles. The maximum atomic E-state index is 3.49. The van der Waals surface area contributed by atoms with E-state index in [4.69, 9.17) is 0 Å². The number of hydrogen-bond donors (Lipinski definition) is 0. The smallest absolute Gasteiger partial charge is 0.105 e. The van der Waals surface area contributed by atoms with Gasteiger partial charge in [0.25, 0.3) is 0 Å². The van der Waals surface area contributed by atoms with Crippen LogP contribution in [0.2, 0.25) is 0 Å². The monoisotopic (exact) mass is 400 g/mol. The SMILES string of the molecule is CC1=PC(C)(CC(P)(C#Cc2ccccc2)C#Cc2ccccc2)C(C)=C1C. The average Bonchev–Trinajstić information content (AvgIpc) is 2.89. The molecule has 1 heterocycles. The van der Waals surface area contributed by atoms with Crippen molar-refractivity contribution in [2.45, 2.75) is 44.4 Å². The Morgan fingerprint density at radius 1 is 0.857 bits per heavy atom. The Morgan fingerprint density at radius 3 is 1.71 bits per heavy atom. The first-order valence-corrected chi connectivity index (χ1v) is 11.0. The van der Waals surface area contributed by atoms with E-state index in [1.165, 1.54) is 24.6 Å². The standard InChI is InChI=1S/C26H26P2/c1-20-21(2)25(4,28-22(20)3)19-26(27,17-15-23-11-7-5-8-12-23)18-16-24-13-9-6-10-14-24/h5-14H,19,27H2,1-4H3. The molecule has 0 aromatic heterocycles. The fourth-order valence-electron chi connectivity index (χ4n) is 3.46. The fourth-order valence-corrected chi connectivity index (χ4v) is 5.92. The third-order valence-electron chi connectivity index (χ3n) is 5.36. The van der Waals surface area contributed by atoms with Crippen LogP contribution in [0, 0.1) is 23.7 Å². The summed E-state index contributed by atoms with van der Waals surface area (Å²) in [4.78, 5) is 0. The van der Waals surface area contributed by atoms with Gasteiger partial charge < -0.3 is 0 Å². The molecule has 2 unspecified atom stereocenters. The van der Waals surface area contributed by atoms with E-state index in [1.807, 2.05) is 60.7 Å². The minimum absolute atomic E-state index is 0.0622. The number of allylic oxidation sites excluding steroid dienone is 2. The van der Waals surface area contributed by atoms with E-state index in [2.05, 4.69) is 60.6 Å². The molecular weight excluding hydrogens is 374 g/mol. The topological polar surface area (TPSA) is 0 Å². The lowest BCUT2D eigenvalue weighted by Crippen LogP contribution is -2.30. The Kier molecular flexibility index (Phi) is 6.26. The minimum atomic E-state index is -0.473. The van der Waals surface area contributed by atoms with Crippen molar-refractivity contribution in [1.29, 1.82) is 0 Å². The van der Waals surface area contributed by atoms with Crippen LogP contribution in [0.15, 0.2) is 71.8 Å². The van der Waals surface area contributed by atoms with Crippen molar-refractivity contribution >= 4 is 22.7 Å². The molecule has 0 spiro atoms. The third-order valence-corrected chi connectivity index (χ3v) is 7.51. The highest BCUT2D eigenvalue weighted by molar-refractivity contribution is 7.44. The highest BCUT2D eigenvalue weighted by Crippen LogP contribution is 2.48. The quantitative estimate of drug-likeness (QED) is 0.408. The van der Waals surface area contributed by atoms with Gasteiger partial charge in [0.05, 0.1) is 0 Å². The van der Waals surface area contributed by atoms with Crippen molar-refractivity contribution in [2.24, 2.45) is 0 Å². The van der Waals surface area contributed by atoms with Crippen LogP contribution in [0.4, 0.5) is 0 Å².